The lowest BCUT2D eigenvalue weighted by Gasteiger charge is -2.08. The molecule has 2 nitrogen and oxygen atoms in total. The van der Waals surface area contributed by atoms with E-state index in [4.69, 9.17) is 5.73 Å². The average Bonchev–Trinajstić information content (AvgIpc) is 2.85. The van der Waals surface area contributed by atoms with Crippen molar-refractivity contribution in [3.8, 4) is 11.3 Å². The van der Waals surface area contributed by atoms with Crippen LogP contribution in [0.5, 0.6) is 0 Å². The number of aromatic amines is 1. The van der Waals surface area contributed by atoms with E-state index in [9.17, 15) is 0 Å². The van der Waals surface area contributed by atoms with Gasteiger partial charge in [-0.05, 0) is 81.1 Å². The van der Waals surface area contributed by atoms with Crippen molar-refractivity contribution in [2.75, 3.05) is 6.54 Å². The van der Waals surface area contributed by atoms with Crippen molar-refractivity contribution in [3.63, 3.8) is 0 Å². The predicted molar refractivity (Wildman–Crippen MR) is 103 cm³/mol. The zero-order chi connectivity index (χ0) is 16.4. The molecule has 0 saturated carbocycles. The van der Waals surface area contributed by atoms with E-state index < -0.39 is 0 Å². The first kappa shape index (κ1) is 16.3. The van der Waals surface area contributed by atoms with E-state index in [0.717, 1.165) is 30.3 Å². The first-order valence-corrected chi connectivity index (χ1v) is 8.96. The summed E-state index contributed by atoms with van der Waals surface area (Å²) in [5.41, 5.74) is 13.4. The Bertz CT molecular complexity index is 813. The zero-order valence-corrected chi connectivity index (χ0v) is 15.3. The van der Waals surface area contributed by atoms with E-state index in [1.807, 2.05) is 0 Å². The first-order chi connectivity index (χ1) is 11.1. The van der Waals surface area contributed by atoms with Gasteiger partial charge in [-0.1, -0.05) is 33.1 Å². The highest BCUT2D eigenvalue weighted by Crippen LogP contribution is 2.34. The zero-order valence-electron chi connectivity index (χ0n) is 13.7. The van der Waals surface area contributed by atoms with E-state index >= 15 is 0 Å². The van der Waals surface area contributed by atoms with Crippen LogP contribution in [0, 0.1) is 13.8 Å². The number of H-pyrrole nitrogens is 1. The van der Waals surface area contributed by atoms with Gasteiger partial charge in [0.1, 0.15) is 0 Å². The van der Waals surface area contributed by atoms with Gasteiger partial charge in [0.25, 0.3) is 0 Å². The van der Waals surface area contributed by atoms with Crippen molar-refractivity contribution < 1.29 is 0 Å². The molecule has 3 rings (SSSR count). The monoisotopic (exact) mass is 370 g/mol. The topological polar surface area (TPSA) is 41.8 Å². The summed E-state index contributed by atoms with van der Waals surface area (Å²) in [5.74, 6) is 0. The van der Waals surface area contributed by atoms with Gasteiger partial charge >= 0.3 is 0 Å². The molecule has 120 valence electrons. The molecule has 1 heterocycles. The SMILES string of the molecule is Cc1cc(C)cc(-c2[nH]c3ccc(Br)cc3c2CCCCN)c1. The maximum Gasteiger partial charge on any atom is 0.0497 e. The Balaban J connectivity index is 2.15. The summed E-state index contributed by atoms with van der Waals surface area (Å²) in [6, 6.07) is 13.2. The summed E-state index contributed by atoms with van der Waals surface area (Å²) in [5, 5.41) is 1.31. The molecule has 0 spiro atoms. The summed E-state index contributed by atoms with van der Waals surface area (Å²) in [6.45, 7) is 5.07. The Morgan fingerprint density at radius 3 is 2.43 bits per heavy atom. The summed E-state index contributed by atoms with van der Waals surface area (Å²) < 4.78 is 1.12. The molecular weight excluding hydrogens is 348 g/mol. The van der Waals surface area contributed by atoms with Crippen LogP contribution in [0.15, 0.2) is 40.9 Å². The molecule has 0 radical (unpaired) electrons. The average molecular weight is 371 g/mol. The molecule has 0 fully saturated rings. The quantitative estimate of drug-likeness (QED) is 0.572. The third kappa shape index (κ3) is 3.51. The van der Waals surface area contributed by atoms with Gasteiger partial charge in [0.2, 0.25) is 0 Å². The predicted octanol–water partition coefficient (Wildman–Crippen LogP) is 5.50. The third-order valence-corrected chi connectivity index (χ3v) is 4.75. The van der Waals surface area contributed by atoms with Crippen LogP contribution in [0.2, 0.25) is 0 Å². The summed E-state index contributed by atoms with van der Waals surface area (Å²) >= 11 is 3.60. The van der Waals surface area contributed by atoms with E-state index in [-0.39, 0.29) is 0 Å². The van der Waals surface area contributed by atoms with Gasteiger partial charge in [-0.25, -0.2) is 0 Å². The molecule has 3 aromatic rings. The molecular formula is C20H23BrN2. The third-order valence-electron chi connectivity index (χ3n) is 4.26. The molecule has 0 aliphatic rings. The highest BCUT2D eigenvalue weighted by atomic mass is 79.9. The minimum Gasteiger partial charge on any atom is -0.354 e. The minimum absolute atomic E-state index is 0.755. The van der Waals surface area contributed by atoms with E-state index in [1.54, 1.807) is 0 Å². The lowest BCUT2D eigenvalue weighted by Crippen LogP contribution is -1.99. The second-order valence-electron chi connectivity index (χ2n) is 6.29. The fraction of sp³-hybridized carbons (Fsp3) is 0.300. The van der Waals surface area contributed by atoms with Crippen LogP contribution in [0.1, 0.15) is 29.5 Å². The number of nitrogens with one attached hydrogen (secondary N) is 1. The van der Waals surface area contributed by atoms with Gasteiger partial charge in [0.15, 0.2) is 0 Å². The number of rotatable bonds is 5. The molecule has 0 bridgehead atoms. The number of nitrogens with two attached hydrogens (primary N) is 1. The molecule has 23 heavy (non-hydrogen) atoms. The van der Waals surface area contributed by atoms with Gasteiger partial charge < -0.3 is 10.7 Å². The molecule has 0 unspecified atom stereocenters. The number of hydrogen-bond acceptors (Lipinski definition) is 1. The Labute approximate surface area is 146 Å². The van der Waals surface area contributed by atoms with Crippen molar-refractivity contribution in [2.24, 2.45) is 5.73 Å². The number of fused-ring (bicyclic) bond motifs is 1. The molecule has 0 atom stereocenters. The Kier molecular flexibility index (Phi) is 4.88. The van der Waals surface area contributed by atoms with Crippen molar-refractivity contribution in [1.29, 1.82) is 0 Å². The molecule has 1 aromatic heterocycles. The van der Waals surface area contributed by atoms with Crippen LogP contribution in [0.25, 0.3) is 22.2 Å². The molecule has 3 heteroatoms. The normalized spacial score (nSPS) is 11.3. The van der Waals surface area contributed by atoms with Crippen molar-refractivity contribution >= 4 is 26.8 Å². The van der Waals surface area contributed by atoms with Crippen LogP contribution in [-0.2, 0) is 6.42 Å². The maximum atomic E-state index is 5.68. The lowest BCUT2D eigenvalue weighted by atomic mass is 9.98. The Morgan fingerprint density at radius 1 is 1.00 bits per heavy atom. The molecule has 0 saturated heterocycles. The number of benzene rings is 2. The number of aryl methyl sites for hydroxylation is 3. The van der Waals surface area contributed by atoms with Gasteiger partial charge in [-0.3, -0.25) is 0 Å². The number of halogens is 1. The second-order valence-corrected chi connectivity index (χ2v) is 7.21. The van der Waals surface area contributed by atoms with Crippen LogP contribution in [0.3, 0.4) is 0 Å². The molecule has 2 aromatic carbocycles. The van der Waals surface area contributed by atoms with Crippen LogP contribution in [0.4, 0.5) is 0 Å². The van der Waals surface area contributed by atoms with Gasteiger partial charge in [-0.15, -0.1) is 0 Å². The van der Waals surface area contributed by atoms with E-state index in [0.29, 0.717) is 0 Å². The number of aromatic nitrogens is 1. The molecule has 0 aliphatic heterocycles. The lowest BCUT2D eigenvalue weighted by molar-refractivity contribution is 0.748. The summed E-state index contributed by atoms with van der Waals surface area (Å²) in [7, 11) is 0. The standard InChI is InChI=1S/C20H23BrN2/c1-13-9-14(2)11-15(10-13)20-17(5-3-4-8-22)18-12-16(21)6-7-19(18)23-20/h6-7,9-12,23H,3-5,8,22H2,1-2H3. The molecule has 3 N–H and O–H groups in total. The van der Waals surface area contributed by atoms with Gasteiger partial charge in [0, 0.05) is 21.1 Å². The number of hydrogen-bond donors (Lipinski definition) is 2. The molecule has 0 aliphatic carbocycles. The van der Waals surface area contributed by atoms with Gasteiger partial charge in [-0.2, -0.15) is 0 Å². The summed E-state index contributed by atoms with van der Waals surface area (Å²) in [4.78, 5) is 3.64. The van der Waals surface area contributed by atoms with Crippen LogP contribution < -0.4 is 5.73 Å². The van der Waals surface area contributed by atoms with Crippen molar-refractivity contribution in [1.82, 2.24) is 4.98 Å². The fourth-order valence-electron chi connectivity index (χ4n) is 3.29. The van der Waals surface area contributed by atoms with Crippen molar-refractivity contribution in [3.05, 3.63) is 57.6 Å². The molecule has 0 amide bonds. The van der Waals surface area contributed by atoms with E-state index in [1.165, 1.54) is 38.9 Å². The summed E-state index contributed by atoms with van der Waals surface area (Å²) in [6.07, 6.45) is 3.23. The fourth-order valence-corrected chi connectivity index (χ4v) is 3.65. The van der Waals surface area contributed by atoms with Gasteiger partial charge in [0.05, 0.1) is 0 Å². The number of unbranched alkanes of at least 4 members (excludes halogenated alkanes) is 1. The van der Waals surface area contributed by atoms with Crippen LogP contribution >= 0.6 is 15.9 Å². The Hall–Kier alpha value is -1.58. The largest absolute Gasteiger partial charge is 0.354 e. The Morgan fingerprint density at radius 2 is 1.74 bits per heavy atom. The minimum atomic E-state index is 0.755. The van der Waals surface area contributed by atoms with Crippen LogP contribution in [-0.4, -0.2) is 11.5 Å². The second kappa shape index (κ2) is 6.90. The highest BCUT2D eigenvalue weighted by Gasteiger charge is 2.14. The maximum absolute atomic E-state index is 5.68. The smallest absolute Gasteiger partial charge is 0.0497 e. The van der Waals surface area contributed by atoms with E-state index in [2.05, 4.69) is 71.2 Å². The highest BCUT2D eigenvalue weighted by molar-refractivity contribution is 9.10. The first-order valence-electron chi connectivity index (χ1n) is 8.17. The van der Waals surface area contributed by atoms with Crippen molar-refractivity contribution in [2.45, 2.75) is 33.1 Å².